The number of aldehydes is 1. The molecule has 0 aliphatic heterocycles. The van der Waals surface area contributed by atoms with Gasteiger partial charge in [0.25, 0.3) is 0 Å². The average molecular weight is 402 g/mol. The van der Waals surface area contributed by atoms with Crippen LogP contribution in [0.3, 0.4) is 0 Å². The summed E-state index contributed by atoms with van der Waals surface area (Å²) >= 11 is 0. The van der Waals surface area contributed by atoms with Crippen molar-refractivity contribution >= 4 is 24.2 Å². The lowest BCUT2D eigenvalue weighted by Gasteiger charge is -2.27. The molecule has 0 aromatic carbocycles. The zero-order chi connectivity index (χ0) is 21.9. The van der Waals surface area contributed by atoms with Gasteiger partial charge in [-0.3, -0.25) is 19.2 Å². The molecule has 0 rings (SSSR count). The Balaban J connectivity index is 5.37. The Morgan fingerprint density at radius 1 is 0.893 bits per heavy atom. The van der Waals surface area contributed by atoms with E-state index in [4.69, 9.17) is 25.7 Å². The Bertz CT molecular complexity index is 526. The monoisotopic (exact) mass is 402 g/mol. The summed E-state index contributed by atoms with van der Waals surface area (Å²) in [4.78, 5) is 47.9. The molecule has 0 aliphatic carbocycles. The third-order valence-corrected chi connectivity index (χ3v) is 4.75. The highest BCUT2D eigenvalue weighted by molar-refractivity contribution is 5.80. The number of carbonyl (C=O) groups excluding carboxylic acids is 4. The van der Waals surface area contributed by atoms with Crippen molar-refractivity contribution in [3.05, 3.63) is 0 Å². The first kappa shape index (κ1) is 26.0. The maximum absolute atomic E-state index is 12.3. The average Bonchev–Trinajstić information content (AvgIpc) is 2.68. The maximum atomic E-state index is 12.3. The van der Waals surface area contributed by atoms with E-state index in [1.54, 1.807) is 20.8 Å². The zero-order valence-electron chi connectivity index (χ0n) is 17.4. The van der Waals surface area contributed by atoms with E-state index in [2.05, 4.69) is 0 Å². The second kappa shape index (κ2) is 13.2. The Morgan fingerprint density at radius 3 is 1.75 bits per heavy atom. The third-order valence-electron chi connectivity index (χ3n) is 4.75. The van der Waals surface area contributed by atoms with Gasteiger partial charge in [-0.1, -0.05) is 40.5 Å². The Hall–Kier alpha value is -2.00. The minimum atomic E-state index is -1.50. The molecule has 0 heterocycles. The number of hydrogen-bond donors (Lipinski definition) is 2. The van der Waals surface area contributed by atoms with Crippen LogP contribution in [0.1, 0.15) is 53.9 Å². The van der Waals surface area contributed by atoms with Crippen molar-refractivity contribution in [2.75, 3.05) is 6.61 Å². The van der Waals surface area contributed by atoms with E-state index in [1.807, 2.05) is 13.8 Å². The summed E-state index contributed by atoms with van der Waals surface area (Å²) in [5.41, 5.74) is 11.7. The van der Waals surface area contributed by atoms with Gasteiger partial charge in [0.05, 0.1) is 13.0 Å². The summed E-state index contributed by atoms with van der Waals surface area (Å²) in [6, 6.07) is -1.89. The van der Waals surface area contributed by atoms with E-state index < -0.39 is 48.6 Å². The van der Waals surface area contributed by atoms with Gasteiger partial charge in [0.15, 0.2) is 18.5 Å². The quantitative estimate of drug-likeness (QED) is 0.258. The lowest BCUT2D eigenvalue weighted by atomic mass is 10.00. The molecule has 9 heteroatoms. The van der Waals surface area contributed by atoms with Crippen LogP contribution in [0.25, 0.3) is 0 Å². The molecule has 0 aromatic heterocycles. The van der Waals surface area contributed by atoms with Crippen LogP contribution in [0.15, 0.2) is 0 Å². The Labute approximate surface area is 166 Å². The molecule has 0 saturated heterocycles. The predicted molar refractivity (Wildman–Crippen MR) is 102 cm³/mol. The number of ether oxygens (including phenoxy) is 3. The van der Waals surface area contributed by atoms with Crippen molar-refractivity contribution in [2.24, 2.45) is 23.3 Å². The van der Waals surface area contributed by atoms with Gasteiger partial charge in [-0.15, -0.1) is 0 Å². The molecule has 0 aliphatic rings. The van der Waals surface area contributed by atoms with Crippen molar-refractivity contribution in [3.8, 4) is 0 Å². The molecule has 0 fully saturated rings. The Morgan fingerprint density at radius 2 is 1.36 bits per heavy atom. The molecule has 6 unspecified atom stereocenters. The minimum Gasteiger partial charge on any atom is -0.466 e. The third kappa shape index (κ3) is 8.35. The second-order valence-corrected chi connectivity index (χ2v) is 6.84. The van der Waals surface area contributed by atoms with Crippen LogP contribution in [0.5, 0.6) is 0 Å². The smallest absolute Gasteiger partial charge is 0.324 e. The summed E-state index contributed by atoms with van der Waals surface area (Å²) in [6.45, 7) is 8.98. The van der Waals surface area contributed by atoms with E-state index in [0.717, 1.165) is 0 Å². The van der Waals surface area contributed by atoms with E-state index >= 15 is 0 Å². The molecule has 0 saturated carbocycles. The number of esters is 3. The van der Waals surface area contributed by atoms with Crippen molar-refractivity contribution in [3.63, 3.8) is 0 Å². The van der Waals surface area contributed by atoms with Crippen LogP contribution in [0.2, 0.25) is 0 Å². The largest absolute Gasteiger partial charge is 0.466 e. The lowest BCUT2D eigenvalue weighted by molar-refractivity contribution is -0.175. The first-order valence-corrected chi connectivity index (χ1v) is 9.65. The highest BCUT2D eigenvalue weighted by Crippen LogP contribution is 2.15. The molecular weight excluding hydrogens is 368 g/mol. The van der Waals surface area contributed by atoms with Gasteiger partial charge in [-0.2, -0.15) is 0 Å². The summed E-state index contributed by atoms with van der Waals surface area (Å²) in [5, 5.41) is 0. The van der Waals surface area contributed by atoms with Crippen molar-refractivity contribution in [1.82, 2.24) is 0 Å². The number of carbonyl (C=O) groups is 4. The fraction of sp³-hybridized carbons (Fsp3) is 0.789. The molecule has 9 nitrogen and oxygen atoms in total. The molecule has 0 aromatic rings. The molecular formula is C19H34N2O7. The van der Waals surface area contributed by atoms with Crippen LogP contribution in [-0.4, -0.2) is 55.1 Å². The van der Waals surface area contributed by atoms with Crippen LogP contribution in [0, 0.1) is 11.8 Å². The van der Waals surface area contributed by atoms with E-state index in [9.17, 15) is 19.2 Å². The fourth-order valence-corrected chi connectivity index (χ4v) is 2.21. The van der Waals surface area contributed by atoms with Crippen molar-refractivity contribution in [2.45, 2.75) is 78.2 Å². The van der Waals surface area contributed by atoms with Gasteiger partial charge in [0.1, 0.15) is 12.1 Å². The van der Waals surface area contributed by atoms with Crippen molar-refractivity contribution in [1.29, 1.82) is 0 Å². The zero-order valence-corrected chi connectivity index (χ0v) is 17.4. The standard InChI is InChI=1S/C19H34N2O7/c1-6-11(4)16(20)18(24)27-13(9-15(23)26-8-3)14(10-22)28-19(25)17(21)12(5)7-2/h10-14,16-17H,6-9,20-21H2,1-5H3. The number of nitrogens with two attached hydrogens (primary N) is 2. The van der Waals surface area contributed by atoms with Crippen LogP contribution < -0.4 is 11.5 Å². The number of hydrogen-bond acceptors (Lipinski definition) is 9. The second-order valence-electron chi connectivity index (χ2n) is 6.84. The number of rotatable bonds is 13. The predicted octanol–water partition coefficient (Wildman–Crippen LogP) is 0.709. The highest BCUT2D eigenvalue weighted by atomic mass is 16.6. The topological polar surface area (TPSA) is 148 Å². The van der Waals surface area contributed by atoms with E-state index in [-0.39, 0.29) is 18.4 Å². The van der Waals surface area contributed by atoms with Gasteiger partial charge >= 0.3 is 17.9 Å². The highest BCUT2D eigenvalue weighted by Gasteiger charge is 2.35. The van der Waals surface area contributed by atoms with E-state index in [1.165, 1.54) is 0 Å². The SMILES string of the molecule is CCOC(=O)CC(OC(=O)C(N)C(C)CC)C(C=O)OC(=O)C(N)C(C)CC. The van der Waals surface area contributed by atoms with Gasteiger partial charge in [-0.25, -0.2) is 0 Å². The maximum Gasteiger partial charge on any atom is 0.324 e. The molecule has 6 atom stereocenters. The summed E-state index contributed by atoms with van der Waals surface area (Å²) in [7, 11) is 0. The normalized spacial score (nSPS) is 17.4. The molecule has 4 N–H and O–H groups in total. The van der Waals surface area contributed by atoms with E-state index in [0.29, 0.717) is 19.1 Å². The molecule has 28 heavy (non-hydrogen) atoms. The lowest BCUT2D eigenvalue weighted by Crippen LogP contribution is -2.47. The minimum absolute atomic E-state index is 0.107. The van der Waals surface area contributed by atoms with Crippen LogP contribution >= 0.6 is 0 Å². The molecule has 162 valence electrons. The first-order chi connectivity index (χ1) is 13.1. The first-order valence-electron chi connectivity index (χ1n) is 9.65. The van der Waals surface area contributed by atoms with Crippen LogP contribution in [-0.2, 0) is 33.4 Å². The summed E-state index contributed by atoms with van der Waals surface area (Å²) in [5.74, 6) is -2.66. The molecule has 0 radical (unpaired) electrons. The fourth-order valence-electron chi connectivity index (χ4n) is 2.21. The van der Waals surface area contributed by atoms with Gasteiger partial charge in [0, 0.05) is 0 Å². The van der Waals surface area contributed by atoms with Crippen molar-refractivity contribution < 1.29 is 33.4 Å². The summed E-state index contributed by atoms with van der Waals surface area (Å²) < 4.78 is 15.2. The van der Waals surface area contributed by atoms with Gasteiger partial charge < -0.3 is 25.7 Å². The van der Waals surface area contributed by atoms with Crippen LogP contribution in [0.4, 0.5) is 0 Å². The van der Waals surface area contributed by atoms with Gasteiger partial charge in [-0.05, 0) is 18.8 Å². The molecule has 0 bridgehead atoms. The summed E-state index contributed by atoms with van der Waals surface area (Å²) in [6.07, 6.45) is -1.75. The molecule has 0 spiro atoms. The molecule has 0 amide bonds. The Kier molecular flexibility index (Phi) is 12.3. The van der Waals surface area contributed by atoms with Gasteiger partial charge in [0.2, 0.25) is 0 Å².